The lowest BCUT2D eigenvalue weighted by Gasteiger charge is -2.19. The van der Waals surface area contributed by atoms with E-state index in [1.807, 2.05) is 4.72 Å². The monoisotopic (exact) mass is 584 g/mol. The van der Waals surface area contributed by atoms with Crippen molar-refractivity contribution < 1.29 is 31.8 Å². The fourth-order valence-electron chi connectivity index (χ4n) is 4.12. The number of nitrogens with one attached hydrogen (secondary N) is 1. The SMILES string of the molecule is O=C1c2cc(Br)c(O)c(c2)S(=O)(=O)Nc2cc(c(F)cc2F)-c2cc(Cl)ccc2O[C@H]2CCN1C2. The first kappa shape index (κ1) is 23.8. The molecule has 2 aliphatic rings. The third-order valence-electron chi connectivity index (χ3n) is 5.82. The van der Waals surface area contributed by atoms with E-state index in [0.717, 1.165) is 12.1 Å². The summed E-state index contributed by atoms with van der Waals surface area (Å²) in [6.45, 7) is 0.525. The molecule has 2 heterocycles. The standard InChI is InChI=1S/C23H16BrClF2N2O5S/c24-16-5-11-6-21(22(16)30)35(32,33)28-19-8-14(17(26)9-18(19)27)15-7-12(25)1-2-20(15)34-13-3-4-29(10-13)23(11)31/h1-2,5-9,13,28,30H,3-4,10H2/t13-/m0/s1. The Morgan fingerprint density at radius 2 is 1.89 bits per heavy atom. The van der Waals surface area contributed by atoms with Crippen LogP contribution in [0.4, 0.5) is 14.5 Å². The molecule has 1 fully saturated rings. The van der Waals surface area contributed by atoms with Gasteiger partial charge in [0.2, 0.25) is 0 Å². The number of anilines is 1. The first-order chi connectivity index (χ1) is 16.5. The van der Waals surface area contributed by atoms with Crippen LogP contribution in [0, 0.1) is 11.6 Å². The van der Waals surface area contributed by atoms with E-state index in [0.29, 0.717) is 19.0 Å². The smallest absolute Gasteiger partial charge is 0.265 e. The molecular formula is C23H16BrClF2N2O5S. The number of halogens is 4. The van der Waals surface area contributed by atoms with Gasteiger partial charge >= 0.3 is 0 Å². The number of amides is 1. The number of rotatable bonds is 0. The summed E-state index contributed by atoms with van der Waals surface area (Å²) in [5.74, 6) is -3.04. The highest BCUT2D eigenvalue weighted by atomic mass is 79.9. The summed E-state index contributed by atoms with van der Waals surface area (Å²) in [5, 5.41) is 10.7. The maximum atomic E-state index is 14.9. The van der Waals surface area contributed by atoms with E-state index in [4.69, 9.17) is 16.3 Å². The molecule has 1 saturated heterocycles. The van der Waals surface area contributed by atoms with E-state index in [-0.39, 0.29) is 38.5 Å². The molecule has 0 radical (unpaired) electrons. The van der Waals surface area contributed by atoms with Crippen molar-refractivity contribution in [3.05, 3.63) is 69.2 Å². The van der Waals surface area contributed by atoms with Crippen molar-refractivity contribution in [3.63, 3.8) is 0 Å². The van der Waals surface area contributed by atoms with Crippen LogP contribution in [0.2, 0.25) is 5.02 Å². The van der Waals surface area contributed by atoms with Gasteiger partial charge in [0.05, 0.1) is 16.7 Å². The van der Waals surface area contributed by atoms with Gasteiger partial charge in [-0.05, 0) is 52.3 Å². The van der Waals surface area contributed by atoms with Gasteiger partial charge in [-0.25, -0.2) is 17.2 Å². The lowest BCUT2D eigenvalue weighted by atomic mass is 10.0. The molecule has 0 aliphatic carbocycles. The Hall–Kier alpha value is -2.89. The number of fused-ring (bicyclic) bond motifs is 8. The van der Waals surface area contributed by atoms with Crippen molar-refractivity contribution in [2.45, 2.75) is 17.4 Å². The minimum atomic E-state index is -4.61. The van der Waals surface area contributed by atoms with E-state index in [2.05, 4.69) is 15.9 Å². The number of carbonyl (C=O) groups excluding carboxylic acids is 1. The van der Waals surface area contributed by atoms with E-state index >= 15 is 0 Å². The number of hydrogen-bond donors (Lipinski definition) is 2. The van der Waals surface area contributed by atoms with Crippen LogP contribution in [-0.4, -0.2) is 43.5 Å². The van der Waals surface area contributed by atoms with Crippen LogP contribution in [-0.2, 0) is 10.0 Å². The number of hydrogen-bond acceptors (Lipinski definition) is 5. The molecule has 12 heteroatoms. The predicted molar refractivity (Wildman–Crippen MR) is 128 cm³/mol. The highest BCUT2D eigenvalue weighted by Gasteiger charge is 2.32. The van der Waals surface area contributed by atoms with Gasteiger partial charge in [-0.1, -0.05) is 11.6 Å². The maximum Gasteiger partial charge on any atom is 0.265 e. The second-order valence-electron chi connectivity index (χ2n) is 8.14. The van der Waals surface area contributed by atoms with Gasteiger partial charge in [0, 0.05) is 40.7 Å². The number of carbonyl (C=O) groups is 1. The molecular weight excluding hydrogens is 570 g/mol. The number of benzene rings is 3. The molecule has 5 rings (SSSR count). The van der Waals surface area contributed by atoms with Gasteiger partial charge in [-0.2, -0.15) is 0 Å². The van der Waals surface area contributed by atoms with Gasteiger partial charge in [0.1, 0.15) is 34.1 Å². The van der Waals surface area contributed by atoms with Crippen LogP contribution in [0.3, 0.4) is 0 Å². The third-order valence-corrected chi connectivity index (χ3v) is 8.04. The minimum Gasteiger partial charge on any atom is -0.505 e. The highest BCUT2D eigenvalue weighted by molar-refractivity contribution is 9.10. The molecule has 3 aromatic rings. The average Bonchev–Trinajstić information content (AvgIpc) is 3.26. The Morgan fingerprint density at radius 3 is 2.66 bits per heavy atom. The molecule has 0 saturated carbocycles. The fraction of sp³-hybridized carbons (Fsp3) is 0.174. The summed E-state index contributed by atoms with van der Waals surface area (Å²) >= 11 is 9.21. The summed E-state index contributed by atoms with van der Waals surface area (Å²) < 4.78 is 64.0. The molecule has 0 unspecified atom stereocenters. The molecule has 6 bridgehead atoms. The van der Waals surface area contributed by atoms with E-state index in [9.17, 15) is 27.1 Å². The maximum absolute atomic E-state index is 14.9. The van der Waals surface area contributed by atoms with Crippen LogP contribution in [0.5, 0.6) is 11.5 Å². The lowest BCUT2D eigenvalue weighted by molar-refractivity contribution is 0.0772. The molecule has 1 amide bonds. The average molecular weight is 586 g/mol. The Kier molecular flexibility index (Phi) is 5.89. The highest BCUT2D eigenvalue weighted by Crippen LogP contribution is 2.40. The molecule has 2 N–H and O–H groups in total. The number of phenolic OH excluding ortho intramolecular Hbond substituents is 1. The van der Waals surface area contributed by atoms with Crippen LogP contribution in [0.15, 0.2) is 51.8 Å². The van der Waals surface area contributed by atoms with Crippen molar-refractivity contribution in [3.8, 4) is 22.6 Å². The zero-order chi connectivity index (χ0) is 25.1. The normalized spacial score (nSPS) is 18.7. The van der Waals surface area contributed by atoms with Crippen LogP contribution in [0.25, 0.3) is 11.1 Å². The van der Waals surface area contributed by atoms with Crippen molar-refractivity contribution >= 4 is 49.1 Å². The van der Waals surface area contributed by atoms with E-state index in [1.165, 1.54) is 23.1 Å². The van der Waals surface area contributed by atoms with E-state index in [1.54, 1.807) is 6.07 Å². The molecule has 0 spiro atoms. The number of sulfonamides is 1. The van der Waals surface area contributed by atoms with Gasteiger partial charge in [0.25, 0.3) is 15.9 Å². The molecule has 182 valence electrons. The first-order valence-electron chi connectivity index (χ1n) is 10.3. The summed E-state index contributed by atoms with van der Waals surface area (Å²) in [7, 11) is -4.61. The summed E-state index contributed by atoms with van der Waals surface area (Å²) in [4.78, 5) is 14.0. The molecule has 3 aromatic carbocycles. The quantitative estimate of drug-likeness (QED) is 0.380. The van der Waals surface area contributed by atoms with Gasteiger partial charge in [-0.15, -0.1) is 0 Å². The zero-order valence-corrected chi connectivity index (χ0v) is 20.8. The van der Waals surface area contributed by atoms with Crippen LogP contribution in [0.1, 0.15) is 16.8 Å². The van der Waals surface area contributed by atoms with Crippen LogP contribution < -0.4 is 9.46 Å². The Balaban J connectivity index is 1.76. The van der Waals surface area contributed by atoms with Gasteiger partial charge in [-0.3, -0.25) is 9.52 Å². The summed E-state index contributed by atoms with van der Waals surface area (Å²) in [5.41, 5.74) is -0.541. The number of aromatic hydroxyl groups is 1. The molecule has 2 aliphatic heterocycles. The largest absolute Gasteiger partial charge is 0.505 e. The Bertz CT molecular complexity index is 1500. The molecule has 0 aromatic heterocycles. The Labute approximate surface area is 212 Å². The van der Waals surface area contributed by atoms with E-state index < -0.39 is 50.0 Å². The topological polar surface area (TPSA) is 95.9 Å². The van der Waals surface area contributed by atoms with Crippen molar-refractivity contribution in [1.82, 2.24) is 4.90 Å². The number of nitrogens with zero attached hydrogens (tertiary/aromatic N) is 1. The fourth-order valence-corrected chi connectivity index (χ4v) is 6.09. The molecule has 1 atom stereocenters. The summed E-state index contributed by atoms with van der Waals surface area (Å²) in [6, 6.07) is 8.35. The number of ether oxygens (including phenoxy) is 1. The third kappa shape index (κ3) is 4.32. The molecule has 7 nitrogen and oxygen atoms in total. The molecule has 35 heavy (non-hydrogen) atoms. The summed E-state index contributed by atoms with van der Waals surface area (Å²) in [6.07, 6.45) is 0.0329. The van der Waals surface area contributed by atoms with Crippen molar-refractivity contribution in [2.24, 2.45) is 0 Å². The zero-order valence-electron chi connectivity index (χ0n) is 17.7. The lowest BCUT2D eigenvalue weighted by Crippen LogP contribution is -2.31. The Morgan fingerprint density at radius 1 is 1.11 bits per heavy atom. The minimum absolute atomic E-state index is 0.00183. The van der Waals surface area contributed by atoms with Gasteiger partial charge in [0.15, 0.2) is 0 Å². The van der Waals surface area contributed by atoms with Crippen LogP contribution >= 0.6 is 27.5 Å². The van der Waals surface area contributed by atoms with Crippen molar-refractivity contribution in [2.75, 3.05) is 17.8 Å². The van der Waals surface area contributed by atoms with Gasteiger partial charge < -0.3 is 14.7 Å². The number of phenols is 1. The second kappa shape index (κ2) is 8.65. The first-order valence-corrected chi connectivity index (χ1v) is 13.0. The second-order valence-corrected chi connectivity index (χ2v) is 11.1. The predicted octanol–water partition coefficient (Wildman–Crippen LogP) is 5.16. The van der Waals surface area contributed by atoms with Crippen molar-refractivity contribution in [1.29, 1.82) is 0 Å².